The molecule has 0 radical (unpaired) electrons. The van der Waals surface area contributed by atoms with E-state index >= 15 is 0 Å². The lowest BCUT2D eigenvalue weighted by Gasteiger charge is -2.20. The molecule has 7 heteroatoms. The van der Waals surface area contributed by atoms with Crippen molar-refractivity contribution in [3.63, 3.8) is 0 Å². The van der Waals surface area contributed by atoms with Gasteiger partial charge in [-0.1, -0.05) is 11.2 Å². The summed E-state index contributed by atoms with van der Waals surface area (Å²) in [5.74, 6) is 3.20. The van der Waals surface area contributed by atoms with E-state index in [0.717, 1.165) is 23.6 Å². The molecule has 0 saturated carbocycles. The van der Waals surface area contributed by atoms with Gasteiger partial charge in [-0.15, -0.1) is 0 Å². The van der Waals surface area contributed by atoms with Crippen LogP contribution in [0.1, 0.15) is 11.5 Å². The van der Waals surface area contributed by atoms with Crippen molar-refractivity contribution < 1.29 is 18.4 Å². The van der Waals surface area contributed by atoms with Gasteiger partial charge in [-0.25, -0.2) is 0 Å². The Morgan fingerprint density at radius 3 is 2.79 bits per heavy atom. The minimum atomic E-state index is 0.461. The Labute approximate surface area is 138 Å². The van der Waals surface area contributed by atoms with Crippen LogP contribution in [0.4, 0.5) is 0 Å². The van der Waals surface area contributed by atoms with Crippen LogP contribution >= 0.6 is 0 Å². The smallest absolute Gasteiger partial charge is 0.241 e. The average molecular weight is 327 g/mol. The molecule has 0 bridgehead atoms. The minimum Gasteiger partial charge on any atom is -0.486 e. The molecule has 7 nitrogen and oxygen atoms in total. The first kappa shape index (κ1) is 14.8. The van der Waals surface area contributed by atoms with Gasteiger partial charge in [-0.3, -0.25) is 4.90 Å². The molecule has 1 aliphatic heterocycles. The lowest BCUT2D eigenvalue weighted by molar-refractivity contribution is 0.171. The number of fused-ring (bicyclic) bond motifs is 1. The summed E-state index contributed by atoms with van der Waals surface area (Å²) < 4.78 is 21.7. The highest BCUT2D eigenvalue weighted by atomic mass is 16.6. The molecule has 3 aromatic rings. The third-order valence-electron chi connectivity index (χ3n) is 3.67. The van der Waals surface area contributed by atoms with Gasteiger partial charge in [0.2, 0.25) is 11.7 Å². The second-order valence-corrected chi connectivity index (χ2v) is 5.64. The monoisotopic (exact) mass is 327 g/mol. The van der Waals surface area contributed by atoms with Gasteiger partial charge in [-0.2, -0.15) is 4.98 Å². The van der Waals surface area contributed by atoms with Crippen molar-refractivity contribution in [3.8, 4) is 23.1 Å². The van der Waals surface area contributed by atoms with E-state index in [1.807, 2.05) is 25.2 Å². The fourth-order valence-electron chi connectivity index (χ4n) is 2.61. The summed E-state index contributed by atoms with van der Waals surface area (Å²) in [4.78, 5) is 6.43. The lowest BCUT2D eigenvalue weighted by Crippen LogP contribution is -2.18. The van der Waals surface area contributed by atoms with Crippen LogP contribution in [0, 0.1) is 0 Å². The molecule has 0 unspecified atom stereocenters. The van der Waals surface area contributed by atoms with Crippen LogP contribution in [0.25, 0.3) is 11.6 Å². The van der Waals surface area contributed by atoms with Gasteiger partial charge in [0.25, 0.3) is 0 Å². The van der Waals surface area contributed by atoms with Gasteiger partial charge in [0.15, 0.2) is 17.3 Å². The van der Waals surface area contributed by atoms with Crippen LogP contribution in [0.2, 0.25) is 0 Å². The van der Waals surface area contributed by atoms with Crippen molar-refractivity contribution in [2.24, 2.45) is 0 Å². The average Bonchev–Trinajstić information content (AvgIpc) is 3.26. The van der Waals surface area contributed by atoms with Crippen LogP contribution in [0.3, 0.4) is 0 Å². The van der Waals surface area contributed by atoms with E-state index in [2.05, 4.69) is 15.0 Å². The molecule has 0 aliphatic carbocycles. The van der Waals surface area contributed by atoms with Crippen LogP contribution in [0.15, 0.2) is 45.5 Å². The third kappa shape index (κ3) is 3.11. The van der Waals surface area contributed by atoms with Gasteiger partial charge < -0.3 is 18.4 Å². The maximum Gasteiger partial charge on any atom is 0.241 e. The van der Waals surface area contributed by atoms with Crippen LogP contribution in [-0.2, 0) is 13.1 Å². The van der Waals surface area contributed by atoms with E-state index in [9.17, 15) is 0 Å². The Hall–Kier alpha value is -2.80. The Kier molecular flexibility index (Phi) is 3.92. The second-order valence-electron chi connectivity index (χ2n) is 5.64. The minimum absolute atomic E-state index is 0.461. The zero-order valence-corrected chi connectivity index (χ0v) is 13.3. The van der Waals surface area contributed by atoms with Gasteiger partial charge in [0, 0.05) is 6.54 Å². The molecule has 2 aromatic heterocycles. The summed E-state index contributed by atoms with van der Waals surface area (Å²) in [6, 6.07) is 9.57. The SMILES string of the molecule is CN(Cc1ccc2c(c1)OCCO2)Cc1nc(-c2ccco2)no1. The summed E-state index contributed by atoms with van der Waals surface area (Å²) in [5.41, 5.74) is 1.13. The molecule has 0 saturated heterocycles. The topological polar surface area (TPSA) is 73.8 Å². The first-order valence-corrected chi connectivity index (χ1v) is 7.71. The van der Waals surface area contributed by atoms with Crippen LogP contribution in [-0.4, -0.2) is 35.3 Å². The van der Waals surface area contributed by atoms with Crippen LogP contribution < -0.4 is 9.47 Å². The Morgan fingerprint density at radius 1 is 1.08 bits per heavy atom. The summed E-state index contributed by atoms with van der Waals surface area (Å²) in [5, 5.41) is 3.93. The number of hydrogen-bond acceptors (Lipinski definition) is 7. The van der Waals surface area contributed by atoms with Crippen molar-refractivity contribution in [1.82, 2.24) is 15.0 Å². The van der Waals surface area contributed by atoms with Crippen LogP contribution in [0.5, 0.6) is 11.5 Å². The number of ether oxygens (including phenoxy) is 2. The number of aromatic nitrogens is 2. The van der Waals surface area contributed by atoms with E-state index in [-0.39, 0.29) is 0 Å². The first-order valence-electron chi connectivity index (χ1n) is 7.71. The Balaban J connectivity index is 1.41. The number of hydrogen-bond donors (Lipinski definition) is 0. The third-order valence-corrected chi connectivity index (χ3v) is 3.67. The highest BCUT2D eigenvalue weighted by Crippen LogP contribution is 2.31. The van der Waals surface area contributed by atoms with E-state index in [1.165, 1.54) is 0 Å². The van der Waals surface area contributed by atoms with Gasteiger partial charge in [0.1, 0.15) is 13.2 Å². The molecule has 4 rings (SSSR count). The van der Waals surface area contributed by atoms with Crippen molar-refractivity contribution in [3.05, 3.63) is 48.0 Å². The van der Waals surface area contributed by atoms with Crippen molar-refractivity contribution in [1.29, 1.82) is 0 Å². The Bertz CT molecular complexity index is 813. The predicted octanol–water partition coefficient (Wildman–Crippen LogP) is 2.73. The van der Waals surface area contributed by atoms with Crippen molar-refractivity contribution in [2.45, 2.75) is 13.1 Å². The van der Waals surface area contributed by atoms with E-state index in [0.29, 0.717) is 37.2 Å². The summed E-state index contributed by atoms with van der Waals surface area (Å²) in [7, 11) is 1.99. The summed E-state index contributed by atoms with van der Waals surface area (Å²) >= 11 is 0. The summed E-state index contributed by atoms with van der Waals surface area (Å²) in [6.07, 6.45) is 1.58. The molecular formula is C17H17N3O4. The van der Waals surface area contributed by atoms with Crippen molar-refractivity contribution in [2.75, 3.05) is 20.3 Å². The first-order chi connectivity index (χ1) is 11.8. The molecule has 24 heavy (non-hydrogen) atoms. The lowest BCUT2D eigenvalue weighted by atomic mass is 10.2. The molecule has 3 heterocycles. The number of rotatable bonds is 5. The highest BCUT2D eigenvalue weighted by Gasteiger charge is 2.15. The van der Waals surface area contributed by atoms with E-state index in [4.69, 9.17) is 18.4 Å². The molecular weight excluding hydrogens is 310 g/mol. The zero-order chi connectivity index (χ0) is 16.4. The molecule has 0 fully saturated rings. The van der Waals surface area contributed by atoms with Crippen molar-refractivity contribution >= 4 is 0 Å². The zero-order valence-electron chi connectivity index (χ0n) is 13.3. The quantitative estimate of drug-likeness (QED) is 0.713. The molecule has 0 spiro atoms. The molecule has 0 amide bonds. The second kappa shape index (κ2) is 6.37. The number of benzene rings is 1. The largest absolute Gasteiger partial charge is 0.486 e. The molecule has 1 aromatic carbocycles. The maximum atomic E-state index is 5.61. The number of nitrogens with zero attached hydrogens (tertiary/aromatic N) is 3. The van der Waals surface area contributed by atoms with Gasteiger partial charge >= 0.3 is 0 Å². The molecule has 1 aliphatic rings. The predicted molar refractivity (Wildman–Crippen MR) is 84.6 cm³/mol. The highest BCUT2D eigenvalue weighted by molar-refractivity contribution is 5.45. The maximum absolute atomic E-state index is 5.61. The fraction of sp³-hybridized carbons (Fsp3) is 0.294. The number of furan rings is 1. The fourth-order valence-corrected chi connectivity index (χ4v) is 2.61. The van der Waals surface area contributed by atoms with E-state index in [1.54, 1.807) is 18.4 Å². The Morgan fingerprint density at radius 2 is 1.96 bits per heavy atom. The summed E-state index contributed by atoms with van der Waals surface area (Å²) in [6.45, 7) is 2.46. The molecule has 0 N–H and O–H groups in total. The normalized spacial score (nSPS) is 13.4. The standard InChI is InChI=1S/C17H17N3O4/c1-20(10-12-4-5-13-15(9-12)23-8-7-22-13)11-16-18-17(19-24-16)14-3-2-6-21-14/h2-6,9H,7-8,10-11H2,1H3. The molecule has 0 atom stereocenters. The molecule has 124 valence electrons. The van der Waals surface area contributed by atoms with E-state index < -0.39 is 0 Å². The van der Waals surface area contributed by atoms with Gasteiger partial charge in [-0.05, 0) is 36.9 Å². The van der Waals surface area contributed by atoms with Gasteiger partial charge in [0.05, 0.1) is 12.8 Å².